The van der Waals surface area contributed by atoms with Crippen LogP contribution in [0.1, 0.15) is 13.3 Å². The first-order valence-corrected chi connectivity index (χ1v) is 4.00. The van der Waals surface area contributed by atoms with Gasteiger partial charge in [0, 0.05) is 13.2 Å². The Labute approximate surface area is 76.8 Å². The molecule has 8 N–H and O–H groups in total. The minimum absolute atomic E-state index is 0.00583. The van der Waals surface area contributed by atoms with Gasteiger partial charge in [0.15, 0.2) is 6.29 Å². The fourth-order valence-electron chi connectivity index (χ4n) is 1.02. The first kappa shape index (κ1) is 12.8. The minimum atomic E-state index is -1.99. The largest absolute Gasteiger partial charge is 0.396 e. The Morgan fingerprint density at radius 3 is 2.08 bits per heavy atom. The number of rotatable bonds is 5. The molecule has 0 amide bonds. The number of aliphatic hydroxyl groups excluding tert-OH is 2. The molecular formula is C7H18N2O4. The third-order valence-electron chi connectivity index (χ3n) is 2.43. The maximum absolute atomic E-state index is 9.63. The van der Waals surface area contributed by atoms with Gasteiger partial charge < -0.3 is 31.9 Å². The van der Waals surface area contributed by atoms with E-state index in [0.29, 0.717) is 0 Å². The van der Waals surface area contributed by atoms with Crippen LogP contribution >= 0.6 is 0 Å². The number of hydrogen-bond donors (Lipinski definition) is 6. The predicted molar refractivity (Wildman–Crippen MR) is 46.5 cm³/mol. The molecule has 0 heterocycles. The van der Waals surface area contributed by atoms with Crippen molar-refractivity contribution >= 4 is 0 Å². The van der Waals surface area contributed by atoms with Gasteiger partial charge in [-0.3, -0.25) is 0 Å². The van der Waals surface area contributed by atoms with E-state index in [9.17, 15) is 5.11 Å². The van der Waals surface area contributed by atoms with Gasteiger partial charge in [0.2, 0.25) is 0 Å². The summed E-state index contributed by atoms with van der Waals surface area (Å²) < 4.78 is 0. The second-order valence-electron chi connectivity index (χ2n) is 3.36. The lowest BCUT2D eigenvalue weighted by atomic mass is 9.78. The van der Waals surface area contributed by atoms with Gasteiger partial charge in [0.1, 0.15) is 5.60 Å². The average molecular weight is 194 g/mol. The van der Waals surface area contributed by atoms with E-state index in [1.807, 2.05) is 0 Å². The fourth-order valence-corrected chi connectivity index (χ4v) is 1.02. The van der Waals surface area contributed by atoms with Gasteiger partial charge in [-0.1, -0.05) is 0 Å². The van der Waals surface area contributed by atoms with E-state index >= 15 is 0 Å². The molecule has 0 saturated carbocycles. The summed E-state index contributed by atoms with van der Waals surface area (Å²) in [6.45, 7) is 0.731. The molecule has 0 aromatic rings. The van der Waals surface area contributed by atoms with Gasteiger partial charge in [0.25, 0.3) is 0 Å². The lowest BCUT2D eigenvalue weighted by Crippen LogP contribution is -2.68. The first-order chi connectivity index (χ1) is 5.81. The highest BCUT2D eigenvalue weighted by Gasteiger charge is 2.47. The molecule has 0 rings (SSSR count). The van der Waals surface area contributed by atoms with E-state index in [4.69, 9.17) is 26.8 Å². The standard InChI is InChI=1S/C7H18N2O4/c1-6(13,5(11)12)7(9,4-8)2-3-10/h5,10-13H,2-4,8-9H2,1H3. The maximum atomic E-state index is 9.63. The van der Waals surface area contributed by atoms with Crippen molar-refractivity contribution in [3.8, 4) is 0 Å². The molecule has 2 unspecified atom stereocenters. The molecule has 13 heavy (non-hydrogen) atoms. The van der Waals surface area contributed by atoms with Crippen molar-refractivity contribution < 1.29 is 20.4 Å². The van der Waals surface area contributed by atoms with Crippen LogP contribution < -0.4 is 11.5 Å². The minimum Gasteiger partial charge on any atom is -0.396 e. The van der Waals surface area contributed by atoms with E-state index in [-0.39, 0.29) is 19.6 Å². The molecule has 0 aromatic carbocycles. The lowest BCUT2D eigenvalue weighted by Gasteiger charge is -2.42. The molecular weight excluding hydrogens is 176 g/mol. The van der Waals surface area contributed by atoms with Gasteiger partial charge in [-0.05, 0) is 13.3 Å². The van der Waals surface area contributed by atoms with Crippen molar-refractivity contribution in [2.45, 2.75) is 30.8 Å². The summed E-state index contributed by atoms with van der Waals surface area (Å²) in [4.78, 5) is 0. The number of hydrogen-bond acceptors (Lipinski definition) is 6. The normalized spacial score (nSPS) is 21.2. The summed E-state index contributed by atoms with van der Waals surface area (Å²) in [5.74, 6) is 0. The summed E-state index contributed by atoms with van der Waals surface area (Å²) >= 11 is 0. The van der Waals surface area contributed by atoms with Crippen LogP contribution in [0.5, 0.6) is 0 Å². The second kappa shape index (κ2) is 4.32. The predicted octanol–water partition coefficient (Wildman–Crippen LogP) is -2.91. The highest BCUT2D eigenvalue weighted by molar-refractivity contribution is 5.03. The van der Waals surface area contributed by atoms with Crippen LogP contribution in [0, 0.1) is 0 Å². The molecule has 0 saturated heterocycles. The molecule has 0 spiro atoms. The maximum Gasteiger partial charge on any atom is 0.182 e. The fraction of sp³-hybridized carbons (Fsp3) is 1.00. The van der Waals surface area contributed by atoms with Crippen LogP contribution in [0.4, 0.5) is 0 Å². The van der Waals surface area contributed by atoms with Crippen molar-refractivity contribution in [3.05, 3.63) is 0 Å². The average Bonchev–Trinajstić information content (AvgIpc) is 2.04. The molecule has 80 valence electrons. The monoisotopic (exact) mass is 194 g/mol. The summed E-state index contributed by atoms with van der Waals surface area (Å²) in [6, 6.07) is 0. The Hall–Kier alpha value is -0.240. The van der Waals surface area contributed by atoms with Gasteiger partial charge in [-0.15, -0.1) is 0 Å². The second-order valence-corrected chi connectivity index (χ2v) is 3.36. The Morgan fingerprint density at radius 2 is 1.85 bits per heavy atom. The summed E-state index contributed by atoms with van der Waals surface area (Å²) in [7, 11) is 0. The topological polar surface area (TPSA) is 133 Å². The van der Waals surface area contributed by atoms with E-state index < -0.39 is 17.4 Å². The Balaban J connectivity index is 4.72. The highest BCUT2D eigenvalue weighted by Crippen LogP contribution is 2.24. The molecule has 6 heteroatoms. The molecule has 0 fully saturated rings. The van der Waals surface area contributed by atoms with Crippen molar-refractivity contribution in [1.82, 2.24) is 0 Å². The zero-order valence-electron chi connectivity index (χ0n) is 7.64. The van der Waals surface area contributed by atoms with Gasteiger partial charge in [-0.2, -0.15) is 0 Å². The van der Waals surface area contributed by atoms with E-state index in [0.717, 1.165) is 0 Å². The van der Waals surface area contributed by atoms with Crippen molar-refractivity contribution in [1.29, 1.82) is 0 Å². The Bertz CT molecular complexity index is 163. The molecule has 0 aliphatic carbocycles. The van der Waals surface area contributed by atoms with E-state index in [1.165, 1.54) is 6.92 Å². The summed E-state index contributed by atoms with van der Waals surface area (Å²) in [5.41, 5.74) is 7.58. The smallest absolute Gasteiger partial charge is 0.182 e. The van der Waals surface area contributed by atoms with Gasteiger partial charge in [0.05, 0.1) is 5.54 Å². The first-order valence-electron chi connectivity index (χ1n) is 4.00. The zero-order valence-corrected chi connectivity index (χ0v) is 7.64. The third-order valence-corrected chi connectivity index (χ3v) is 2.43. The van der Waals surface area contributed by atoms with Crippen molar-refractivity contribution in [3.63, 3.8) is 0 Å². The number of aliphatic hydroxyl groups is 4. The molecule has 0 radical (unpaired) electrons. The Morgan fingerprint density at radius 1 is 1.38 bits per heavy atom. The SMILES string of the molecule is CC(O)(C(O)O)C(N)(CN)CCO. The van der Waals surface area contributed by atoms with E-state index in [1.54, 1.807) is 0 Å². The van der Waals surface area contributed by atoms with E-state index in [2.05, 4.69) is 0 Å². The zero-order chi connectivity index (χ0) is 10.7. The summed E-state index contributed by atoms with van der Waals surface area (Å²) in [6.07, 6.45) is -2.00. The third kappa shape index (κ3) is 2.37. The summed E-state index contributed by atoms with van der Waals surface area (Å²) in [5, 5.41) is 36.0. The van der Waals surface area contributed by atoms with Crippen LogP contribution in [0.25, 0.3) is 0 Å². The molecule has 0 aliphatic heterocycles. The van der Waals surface area contributed by atoms with Crippen molar-refractivity contribution in [2.75, 3.05) is 13.2 Å². The van der Waals surface area contributed by atoms with Crippen LogP contribution in [0.15, 0.2) is 0 Å². The molecule has 2 atom stereocenters. The van der Waals surface area contributed by atoms with Crippen LogP contribution in [0.3, 0.4) is 0 Å². The van der Waals surface area contributed by atoms with Crippen LogP contribution in [-0.2, 0) is 0 Å². The quantitative estimate of drug-likeness (QED) is 0.260. The van der Waals surface area contributed by atoms with Crippen LogP contribution in [0.2, 0.25) is 0 Å². The Kier molecular flexibility index (Phi) is 4.24. The molecule has 0 aliphatic rings. The molecule has 0 bridgehead atoms. The van der Waals surface area contributed by atoms with Gasteiger partial charge >= 0.3 is 0 Å². The lowest BCUT2D eigenvalue weighted by molar-refractivity contribution is -0.205. The highest BCUT2D eigenvalue weighted by atomic mass is 16.5. The van der Waals surface area contributed by atoms with Crippen molar-refractivity contribution in [2.24, 2.45) is 11.5 Å². The molecule has 6 nitrogen and oxygen atoms in total. The number of nitrogens with two attached hydrogens (primary N) is 2. The molecule has 0 aromatic heterocycles. The van der Waals surface area contributed by atoms with Crippen LogP contribution in [-0.4, -0.2) is 51.0 Å². The van der Waals surface area contributed by atoms with Gasteiger partial charge in [-0.25, -0.2) is 0 Å².